The lowest BCUT2D eigenvalue weighted by atomic mass is 10.1. The zero-order valence-corrected chi connectivity index (χ0v) is 15.1. The van der Waals surface area contributed by atoms with Gasteiger partial charge in [0.1, 0.15) is 17.6 Å². The van der Waals surface area contributed by atoms with Crippen LogP contribution >= 0.6 is 11.6 Å². The van der Waals surface area contributed by atoms with Crippen LogP contribution in [0, 0.1) is 0 Å². The molecule has 0 saturated heterocycles. The molecule has 6 heteroatoms. The minimum absolute atomic E-state index is 0.154. The first-order valence-electron chi connectivity index (χ1n) is 8.14. The normalized spacial score (nSPS) is 12.0. The molecule has 3 rings (SSSR count). The molecule has 0 saturated carbocycles. The van der Waals surface area contributed by atoms with Gasteiger partial charge in [-0.25, -0.2) is 4.79 Å². The summed E-state index contributed by atoms with van der Waals surface area (Å²) < 4.78 is 16.1. The van der Waals surface area contributed by atoms with Crippen LogP contribution in [0.3, 0.4) is 0 Å². The van der Waals surface area contributed by atoms with Crippen molar-refractivity contribution in [1.29, 1.82) is 0 Å². The van der Waals surface area contributed by atoms with Crippen LogP contribution in [0.5, 0.6) is 5.75 Å². The van der Waals surface area contributed by atoms with Crippen molar-refractivity contribution in [2.45, 2.75) is 20.0 Å². The Morgan fingerprint density at radius 3 is 2.62 bits per heavy atom. The number of ether oxygens (including phenoxy) is 2. The quantitative estimate of drug-likeness (QED) is 0.619. The molecule has 1 atom stereocenters. The molecule has 0 aliphatic rings. The first-order valence-corrected chi connectivity index (χ1v) is 8.52. The number of esters is 1. The van der Waals surface area contributed by atoms with Crippen molar-refractivity contribution in [3.63, 3.8) is 0 Å². The Bertz CT molecular complexity index is 991. The van der Waals surface area contributed by atoms with Gasteiger partial charge in [-0.15, -0.1) is 0 Å². The summed E-state index contributed by atoms with van der Waals surface area (Å²) >= 11 is 5.89. The van der Waals surface area contributed by atoms with Crippen LogP contribution in [0.1, 0.15) is 13.8 Å². The molecule has 3 aromatic rings. The minimum atomic E-state index is -0.757. The molecule has 0 fully saturated rings. The van der Waals surface area contributed by atoms with Crippen LogP contribution in [-0.2, 0) is 9.53 Å². The van der Waals surface area contributed by atoms with E-state index in [1.807, 2.05) is 0 Å². The summed E-state index contributed by atoms with van der Waals surface area (Å²) in [4.78, 5) is 24.4. The van der Waals surface area contributed by atoms with E-state index in [1.165, 1.54) is 6.26 Å². The lowest BCUT2D eigenvalue weighted by Crippen LogP contribution is -2.26. The molecule has 26 heavy (non-hydrogen) atoms. The predicted molar refractivity (Wildman–Crippen MR) is 99.7 cm³/mol. The first kappa shape index (κ1) is 18.0. The van der Waals surface area contributed by atoms with E-state index in [2.05, 4.69) is 0 Å². The van der Waals surface area contributed by atoms with Gasteiger partial charge < -0.3 is 13.9 Å². The number of hydrogen-bond donors (Lipinski definition) is 0. The molecule has 134 valence electrons. The van der Waals surface area contributed by atoms with Gasteiger partial charge in [0.2, 0.25) is 0 Å². The Morgan fingerprint density at radius 2 is 1.92 bits per heavy atom. The second-order valence-corrected chi connectivity index (χ2v) is 6.09. The SMILES string of the molecule is CCOC(=O)[C@H](C)Oc1ccc2c(=O)c(-c3ccc(Cl)cc3)coc2c1. The van der Waals surface area contributed by atoms with Crippen LogP contribution in [0.2, 0.25) is 5.02 Å². The van der Waals surface area contributed by atoms with Crippen molar-refractivity contribution in [1.82, 2.24) is 0 Å². The molecule has 0 aliphatic heterocycles. The number of carbonyl (C=O) groups excluding carboxylic acids is 1. The smallest absolute Gasteiger partial charge is 0.347 e. The van der Waals surface area contributed by atoms with E-state index in [9.17, 15) is 9.59 Å². The van der Waals surface area contributed by atoms with Gasteiger partial charge in [-0.2, -0.15) is 0 Å². The number of hydrogen-bond acceptors (Lipinski definition) is 5. The highest BCUT2D eigenvalue weighted by molar-refractivity contribution is 6.30. The third kappa shape index (κ3) is 3.73. The second-order valence-electron chi connectivity index (χ2n) is 5.66. The predicted octanol–water partition coefficient (Wildman–Crippen LogP) is 4.44. The lowest BCUT2D eigenvalue weighted by molar-refractivity contribution is -0.150. The number of carbonyl (C=O) groups is 1. The Labute approximate surface area is 155 Å². The Kier molecular flexibility index (Phi) is 5.28. The van der Waals surface area contributed by atoms with E-state index in [-0.39, 0.29) is 12.0 Å². The van der Waals surface area contributed by atoms with Gasteiger partial charge in [0.15, 0.2) is 11.5 Å². The van der Waals surface area contributed by atoms with E-state index < -0.39 is 12.1 Å². The van der Waals surface area contributed by atoms with E-state index in [0.29, 0.717) is 27.3 Å². The van der Waals surface area contributed by atoms with Crippen molar-refractivity contribution < 1.29 is 18.7 Å². The van der Waals surface area contributed by atoms with Gasteiger partial charge in [0.05, 0.1) is 17.6 Å². The molecule has 0 amide bonds. The molecule has 2 aromatic carbocycles. The van der Waals surface area contributed by atoms with Gasteiger partial charge in [0, 0.05) is 11.1 Å². The summed E-state index contributed by atoms with van der Waals surface area (Å²) in [6.07, 6.45) is 0.652. The fraction of sp³-hybridized carbons (Fsp3) is 0.200. The molecular formula is C20H17ClO5. The zero-order chi connectivity index (χ0) is 18.7. The summed E-state index contributed by atoms with van der Waals surface area (Å²) in [5.41, 5.74) is 1.39. The molecule has 0 spiro atoms. The van der Waals surface area contributed by atoms with Gasteiger partial charge >= 0.3 is 5.97 Å². The topological polar surface area (TPSA) is 65.7 Å². The highest BCUT2D eigenvalue weighted by atomic mass is 35.5. The number of fused-ring (bicyclic) bond motifs is 1. The maximum atomic E-state index is 12.7. The molecule has 1 heterocycles. The molecule has 0 bridgehead atoms. The van der Waals surface area contributed by atoms with Crippen molar-refractivity contribution >= 4 is 28.5 Å². The largest absolute Gasteiger partial charge is 0.479 e. The van der Waals surface area contributed by atoms with Crippen molar-refractivity contribution in [3.8, 4) is 16.9 Å². The van der Waals surface area contributed by atoms with E-state index >= 15 is 0 Å². The van der Waals surface area contributed by atoms with Gasteiger partial charge in [-0.3, -0.25) is 4.79 Å². The highest BCUT2D eigenvalue weighted by Crippen LogP contribution is 2.24. The van der Waals surface area contributed by atoms with E-state index in [0.717, 1.165) is 5.56 Å². The number of halogens is 1. The summed E-state index contributed by atoms with van der Waals surface area (Å²) in [6, 6.07) is 11.8. The van der Waals surface area contributed by atoms with Crippen molar-refractivity contribution in [2.24, 2.45) is 0 Å². The monoisotopic (exact) mass is 372 g/mol. The third-order valence-corrected chi connectivity index (χ3v) is 4.08. The zero-order valence-electron chi connectivity index (χ0n) is 14.3. The van der Waals surface area contributed by atoms with E-state index in [4.69, 9.17) is 25.5 Å². The molecule has 1 aromatic heterocycles. The maximum Gasteiger partial charge on any atom is 0.347 e. The summed E-state index contributed by atoms with van der Waals surface area (Å²) in [5.74, 6) is -0.0346. The molecule has 0 radical (unpaired) electrons. The first-order chi connectivity index (χ1) is 12.5. The Morgan fingerprint density at radius 1 is 1.19 bits per heavy atom. The fourth-order valence-electron chi connectivity index (χ4n) is 2.52. The van der Waals surface area contributed by atoms with E-state index in [1.54, 1.807) is 56.3 Å². The summed E-state index contributed by atoms with van der Waals surface area (Å²) in [5, 5.41) is 1.02. The third-order valence-electron chi connectivity index (χ3n) is 3.83. The Balaban J connectivity index is 1.92. The van der Waals surface area contributed by atoms with Gasteiger partial charge in [-0.05, 0) is 43.7 Å². The number of rotatable bonds is 5. The van der Waals surface area contributed by atoms with Crippen LogP contribution < -0.4 is 10.2 Å². The minimum Gasteiger partial charge on any atom is -0.479 e. The summed E-state index contributed by atoms with van der Waals surface area (Å²) in [6.45, 7) is 3.61. The van der Waals surface area contributed by atoms with Crippen LogP contribution in [0.15, 0.2) is 57.9 Å². The summed E-state index contributed by atoms with van der Waals surface area (Å²) in [7, 11) is 0. The van der Waals surface area contributed by atoms with Gasteiger partial charge in [0.25, 0.3) is 0 Å². The molecular weight excluding hydrogens is 356 g/mol. The van der Waals surface area contributed by atoms with Crippen LogP contribution in [0.25, 0.3) is 22.1 Å². The molecule has 5 nitrogen and oxygen atoms in total. The standard InChI is InChI=1S/C20H17ClO5/c1-3-24-20(23)12(2)26-15-8-9-16-18(10-15)25-11-17(19(16)22)13-4-6-14(21)7-5-13/h4-12H,3H2,1-2H3/t12-/m0/s1. The average molecular weight is 373 g/mol. The average Bonchev–Trinajstić information content (AvgIpc) is 2.63. The van der Waals surface area contributed by atoms with Gasteiger partial charge in [-0.1, -0.05) is 23.7 Å². The van der Waals surface area contributed by atoms with Crippen molar-refractivity contribution in [2.75, 3.05) is 6.61 Å². The maximum absolute atomic E-state index is 12.7. The second kappa shape index (κ2) is 7.62. The number of benzene rings is 2. The Hall–Kier alpha value is -2.79. The molecule has 0 unspecified atom stereocenters. The van der Waals surface area contributed by atoms with Crippen molar-refractivity contribution in [3.05, 3.63) is 64.0 Å². The molecule has 0 N–H and O–H groups in total. The van der Waals surface area contributed by atoms with Crippen LogP contribution in [-0.4, -0.2) is 18.7 Å². The lowest BCUT2D eigenvalue weighted by Gasteiger charge is -2.13. The molecule has 0 aliphatic carbocycles. The van der Waals surface area contributed by atoms with Crippen LogP contribution in [0.4, 0.5) is 0 Å². The highest BCUT2D eigenvalue weighted by Gasteiger charge is 2.17. The fourth-order valence-corrected chi connectivity index (χ4v) is 2.65.